The molecule has 1 fully saturated rings. The Labute approximate surface area is 86.5 Å². The largest absolute Gasteiger partial charge is 0.477 e. The summed E-state index contributed by atoms with van der Waals surface area (Å²) < 4.78 is 0. The molecular weight excluding hydrogens is 202 g/mol. The maximum Gasteiger partial charge on any atom is 0.366 e. The van der Waals surface area contributed by atoms with Crippen molar-refractivity contribution < 1.29 is 15.6 Å². The van der Waals surface area contributed by atoms with Crippen LogP contribution in [-0.2, 0) is 4.79 Å². The van der Waals surface area contributed by atoms with E-state index in [1.165, 1.54) is 0 Å². The first-order valence-corrected chi connectivity index (χ1v) is 4.76. The van der Waals surface area contributed by atoms with Gasteiger partial charge in [-0.25, -0.2) is 4.79 Å². The molecule has 1 saturated carbocycles. The Morgan fingerprint density at radius 2 is 2.21 bits per heavy atom. The third kappa shape index (κ3) is 1.29. The summed E-state index contributed by atoms with van der Waals surface area (Å²) in [5.41, 5.74) is 3.76. The van der Waals surface area contributed by atoms with Gasteiger partial charge in [0.05, 0.1) is 5.92 Å². The van der Waals surface area contributed by atoms with E-state index in [0.717, 1.165) is 5.56 Å². The smallest absolute Gasteiger partial charge is 0.366 e. The van der Waals surface area contributed by atoms with Crippen molar-refractivity contribution in [3.8, 4) is 0 Å². The summed E-state index contributed by atoms with van der Waals surface area (Å²) in [7, 11) is 0. The third-order valence-electron chi connectivity index (χ3n) is 2.78. The third-order valence-corrected chi connectivity index (χ3v) is 3.13. The molecule has 1 aliphatic rings. The predicted octanol–water partition coefficient (Wildman–Crippen LogP) is 0.893. The summed E-state index contributed by atoms with van der Waals surface area (Å²) in [6.45, 7) is 0. The molecule has 4 N–H and O–H groups in total. The summed E-state index contributed by atoms with van der Waals surface area (Å²) in [5.74, 6) is -0.879. The molecule has 1 aromatic carbocycles. The van der Waals surface area contributed by atoms with Crippen molar-refractivity contribution in [1.82, 2.24) is 0 Å². The van der Waals surface area contributed by atoms with Crippen LogP contribution in [0.2, 0.25) is 5.02 Å². The van der Waals surface area contributed by atoms with Gasteiger partial charge < -0.3 is 10.8 Å². The van der Waals surface area contributed by atoms with Gasteiger partial charge in [0.25, 0.3) is 0 Å². The number of carboxylic acid groups (broad SMARTS) is 1. The first-order valence-electron chi connectivity index (χ1n) is 4.39. The first-order chi connectivity index (χ1) is 6.55. The van der Waals surface area contributed by atoms with Crippen molar-refractivity contribution in [3.63, 3.8) is 0 Å². The van der Waals surface area contributed by atoms with Gasteiger partial charge in [-0.05, 0) is 11.6 Å². The average Bonchev–Trinajstić information content (AvgIpc) is 2.80. The zero-order valence-electron chi connectivity index (χ0n) is 7.53. The van der Waals surface area contributed by atoms with Crippen molar-refractivity contribution in [3.05, 3.63) is 34.9 Å². The second-order valence-corrected chi connectivity index (χ2v) is 4.15. The molecule has 3 nitrogen and oxygen atoms in total. The Hall–Kier alpha value is -1.06. The van der Waals surface area contributed by atoms with Crippen molar-refractivity contribution >= 4 is 17.6 Å². The minimum atomic E-state index is -0.856. The lowest BCUT2D eigenvalue weighted by molar-refractivity contribution is -0.426. The number of carboxylic acids is 1. The monoisotopic (exact) mass is 212 g/mol. The molecule has 1 aliphatic carbocycles. The van der Waals surface area contributed by atoms with E-state index in [9.17, 15) is 4.79 Å². The summed E-state index contributed by atoms with van der Waals surface area (Å²) >= 11 is 5.97. The fourth-order valence-corrected chi connectivity index (χ4v) is 1.97. The molecule has 0 amide bonds. The molecule has 1 aromatic rings. The summed E-state index contributed by atoms with van der Waals surface area (Å²) in [5, 5.41) is 9.56. The van der Waals surface area contributed by atoms with Crippen LogP contribution in [0.1, 0.15) is 17.9 Å². The normalized spacial score (nSPS) is 30.0. The zero-order chi connectivity index (χ0) is 10.3. The molecule has 2 rings (SSSR count). The number of halogens is 1. The maximum absolute atomic E-state index is 10.9. The molecule has 0 bridgehead atoms. The van der Waals surface area contributed by atoms with Crippen LogP contribution in [0.15, 0.2) is 24.3 Å². The highest BCUT2D eigenvalue weighted by Crippen LogP contribution is 2.49. The molecule has 0 radical (unpaired) electrons. The molecule has 4 heteroatoms. The van der Waals surface area contributed by atoms with E-state index < -0.39 is 11.5 Å². The van der Waals surface area contributed by atoms with Crippen LogP contribution in [-0.4, -0.2) is 16.6 Å². The lowest BCUT2D eigenvalue weighted by Crippen LogP contribution is -2.68. The van der Waals surface area contributed by atoms with Gasteiger partial charge in [0.1, 0.15) is 0 Å². The Bertz CT molecular complexity index is 393. The van der Waals surface area contributed by atoms with E-state index in [1.807, 2.05) is 18.2 Å². The SMILES string of the molecule is [NH3+][C@@]1(C(=O)O)C[C@@H]1c1ccccc1Cl. The lowest BCUT2D eigenvalue weighted by atomic mass is 10.1. The molecule has 0 aromatic heterocycles. The number of benzene rings is 1. The van der Waals surface area contributed by atoms with E-state index in [4.69, 9.17) is 16.7 Å². The van der Waals surface area contributed by atoms with E-state index in [2.05, 4.69) is 5.73 Å². The zero-order valence-corrected chi connectivity index (χ0v) is 8.29. The summed E-state index contributed by atoms with van der Waals surface area (Å²) in [6, 6.07) is 7.34. The predicted molar refractivity (Wildman–Crippen MR) is 52.1 cm³/mol. The van der Waals surface area contributed by atoms with Crippen molar-refractivity contribution in [1.29, 1.82) is 0 Å². The van der Waals surface area contributed by atoms with Crippen molar-refractivity contribution in [2.45, 2.75) is 17.9 Å². The molecule has 74 valence electrons. The van der Waals surface area contributed by atoms with Gasteiger partial charge in [-0.1, -0.05) is 29.8 Å². The van der Waals surface area contributed by atoms with Crippen LogP contribution in [0.5, 0.6) is 0 Å². The van der Waals surface area contributed by atoms with Gasteiger partial charge >= 0.3 is 5.97 Å². The van der Waals surface area contributed by atoms with Crippen LogP contribution >= 0.6 is 11.6 Å². The summed E-state index contributed by atoms with van der Waals surface area (Å²) in [4.78, 5) is 10.9. The summed E-state index contributed by atoms with van der Waals surface area (Å²) in [6.07, 6.45) is 0.575. The van der Waals surface area contributed by atoms with Crippen LogP contribution < -0.4 is 5.73 Å². The molecule has 0 heterocycles. The van der Waals surface area contributed by atoms with Gasteiger partial charge in [0.15, 0.2) is 0 Å². The van der Waals surface area contributed by atoms with Crippen molar-refractivity contribution in [2.75, 3.05) is 0 Å². The fourth-order valence-electron chi connectivity index (χ4n) is 1.71. The number of carbonyl (C=O) groups is 1. The Kier molecular flexibility index (Phi) is 2.01. The van der Waals surface area contributed by atoms with Crippen LogP contribution in [0, 0.1) is 0 Å². The number of hydrogen-bond acceptors (Lipinski definition) is 1. The highest BCUT2D eigenvalue weighted by Gasteiger charge is 2.63. The van der Waals surface area contributed by atoms with Gasteiger partial charge in [0.2, 0.25) is 5.54 Å². The van der Waals surface area contributed by atoms with Gasteiger partial charge in [-0.3, -0.25) is 0 Å². The molecule has 0 saturated heterocycles. The van der Waals surface area contributed by atoms with Crippen LogP contribution in [0.4, 0.5) is 0 Å². The second kappa shape index (κ2) is 2.97. The number of aliphatic carboxylic acids is 1. The maximum atomic E-state index is 10.9. The van der Waals surface area contributed by atoms with Crippen LogP contribution in [0.3, 0.4) is 0 Å². The second-order valence-electron chi connectivity index (χ2n) is 3.74. The minimum Gasteiger partial charge on any atom is -0.477 e. The van der Waals surface area contributed by atoms with Gasteiger partial charge in [0, 0.05) is 11.4 Å². The molecule has 14 heavy (non-hydrogen) atoms. The van der Waals surface area contributed by atoms with Crippen molar-refractivity contribution in [2.24, 2.45) is 0 Å². The number of hydrogen-bond donors (Lipinski definition) is 2. The highest BCUT2D eigenvalue weighted by molar-refractivity contribution is 6.31. The van der Waals surface area contributed by atoms with E-state index in [0.29, 0.717) is 11.4 Å². The van der Waals surface area contributed by atoms with Gasteiger partial charge in [-0.2, -0.15) is 0 Å². The minimum absolute atomic E-state index is 0.0336. The van der Waals surface area contributed by atoms with Gasteiger partial charge in [-0.15, -0.1) is 0 Å². The average molecular weight is 213 g/mol. The molecule has 2 atom stereocenters. The van der Waals surface area contributed by atoms with Crippen LogP contribution in [0.25, 0.3) is 0 Å². The van der Waals surface area contributed by atoms with E-state index in [-0.39, 0.29) is 5.92 Å². The fraction of sp³-hybridized carbons (Fsp3) is 0.300. The Morgan fingerprint density at radius 3 is 2.71 bits per heavy atom. The Morgan fingerprint density at radius 1 is 1.57 bits per heavy atom. The standard InChI is InChI=1S/C10H10ClNO2/c11-8-4-2-1-3-6(8)7-5-10(7,12)9(13)14/h1-4,7H,5,12H2,(H,13,14)/p+1/t7-,10+/m1/s1. The van der Waals surface area contributed by atoms with E-state index in [1.54, 1.807) is 6.07 Å². The molecule has 0 aliphatic heterocycles. The number of quaternary nitrogens is 1. The molecule has 0 unspecified atom stereocenters. The lowest BCUT2D eigenvalue weighted by Gasteiger charge is -2.04. The highest BCUT2D eigenvalue weighted by atomic mass is 35.5. The first kappa shape index (κ1) is 9.49. The number of rotatable bonds is 2. The van der Waals surface area contributed by atoms with E-state index >= 15 is 0 Å². The molecule has 0 spiro atoms. The quantitative estimate of drug-likeness (QED) is 0.765. The molecular formula is C10H11ClNO2+. The topological polar surface area (TPSA) is 64.9 Å². The Balaban J connectivity index is 2.29.